The maximum atomic E-state index is 15.4. The zero-order valence-corrected chi connectivity index (χ0v) is 45.9. The second kappa shape index (κ2) is 24.8. The molecule has 0 spiro atoms. The number of imide groups is 1. The number of hydrogen-bond donors (Lipinski definition) is 8. The number of aliphatic hydroxyl groups is 1. The normalized spacial score (nSPS) is 19.0. The number of hydrogen-bond acceptors (Lipinski definition) is 15. The Kier molecular flexibility index (Phi) is 18.2. The number of nitrogens with zero attached hydrogens (tertiary/aromatic N) is 3. The smallest absolute Gasteiger partial charge is 0.343 e. The molecule has 0 saturated carbocycles. The molecule has 1 fully saturated rings. The SMILES string of the molecule is CCC(C)(S)C1CC(=O)N(CCCCCC(=O)NCC(=O)NCC(=O)N[C@@H](Cc2ccccc2)C(=O)NCC(=O)NCOCC(=O)N[C@H]2CCc3c(C)c(F)cc4nc5c(c2c34)Cn2c-5cc3c(c2=O)COC(=O)[C@]3(O)CC)C1=O. The van der Waals surface area contributed by atoms with Crippen LogP contribution in [0.4, 0.5) is 4.39 Å². The third kappa shape index (κ3) is 12.6. The minimum absolute atomic E-state index is 0.0342. The molecule has 4 aliphatic rings. The molecular weight excluding hydrogens is 1060 g/mol. The summed E-state index contributed by atoms with van der Waals surface area (Å²) in [6.07, 6.45) is 3.16. The molecule has 5 atom stereocenters. The highest BCUT2D eigenvalue weighted by Crippen LogP contribution is 2.46. The Morgan fingerprint density at radius 1 is 0.912 bits per heavy atom. The van der Waals surface area contributed by atoms with Crippen molar-refractivity contribution in [2.75, 3.05) is 39.5 Å². The van der Waals surface area contributed by atoms with Gasteiger partial charge in [-0.05, 0) is 80.7 Å². The third-order valence-corrected chi connectivity index (χ3v) is 16.2. The summed E-state index contributed by atoms with van der Waals surface area (Å²) in [7, 11) is 0. The molecule has 4 aromatic rings. The highest BCUT2D eigenvalue weighted by molar-refractivity contribution is 7.81. The second-order valence-electron chi connectivity index (χ2n) is 20.8. The van der Waals surface area contributed by atoms with Crippen LogP contribution in [0.15, 0.2) is 47.3 Å². The van der Waals surface area contributed by atoms with Crippen molar-refractivity contribution in [3.63, 3.8) is 0 Å². The van der Waals surface area contributed by atoms with Crippen LogP contribution in [0.25, 0.3) is 22.3 Å². The van der Waals surface area contributed by atoms with Crippen LogP contribution in [0.1, 0.15) is 117 Å². The predicted octanol–water partition coefficient (Wildman–Crippen LogP) is 1.83. The van der Waals surface area contributed by atoms with Crippen LogP contribution in [0.2, 0.25) is 0 Å². The van der Waals surface area contributed by atoms with Gasteiger partial charge in [-0.25, -0.2) is 14.2 Å². The second-order valence-corrected chi connectivity index (χ2v) is 21.8. The Bertz CT molecular complexity index is 3230. The summed E-state index contributed by atoms with van der Waals surface area (Å²) in [5.41, 5.74) is 1.83. The number of unbranched alkanes of at least 4 members (excludes halogenated alkanes) is 2. The largest absolute Gasteiger partial charge is 0.458 e. The molecule has 426 valence electrons. The van der Waals surface area contributed by atoms with E-state index in [4.69, 9.17) is 14.5 Å². The lowest BCUT2D eigenvalue weighted by Gasteiger charge is -2.31. The van der Waals surface area contributed by atoms with Crippen molar-refractivity contribution in [2.24, 2.45) is 5.92 Å². The van der Waals surface area contributed by atoms with Crippen LogP contribution in [-0.4, -0.2) is 123 Å². The maximum absolute atomic E-state index is 15.4. The van der Waals surface area contributed by atoms with Gasteiger partial charge in [0.1, 0.15) is 31.8 Å². The van der Waals surface area contributed by atoms with Gasteiger partial charge in [0.2, 0.25) is 47.3 Å². The molecule has 5 heterocycles. The van der Waals surface area contributed by atoms with Crippen molar-refractivity contribution in [1.82, 2.24) is 46.4 Å². The number of likely N-dealkylation sites (tertiary alicyclic amines) is 1. The van der Waals surface area contributed by atoms with Crippen LogP contribution < -0.4 is 37.5 Å². The molecule has 2 aromatic heterocycles. The van der Waals surface area contributed by atoms with Gasteiger partial charge in [-0.3, -0.25) is 48.1 Å². The fourth-order valence-corrected chi connectivity index (χ4v) is 11.0. The predicted molar refractivity (Wildman–Crippen MR) is 289 cm³/mol. The highest BCUT2D eigenvalue weighted by Gasteiger charge is 2.47. The molecule has 7 N–H and O–H groups in total. The van der Waals surface area contributed by atoms with E-state index < -0.39 is 114 Å². The molecule has 0 radical (unpaired) electrons. The molecule has 3 aliphatic heterocycles. The Balaban J connectivity index is 0.782. The summed E-state index contributed by atoms with van der Waals surface area (Å²) in [6.45, 7) is 4.65. The number of ether oxygens (including phenoxy) is 2. The fraction of sp³-hybridized carbons (Fsp3) is 0.482. The molecule has 22 nitrogen and oxygen atoms in total. The zero-order chi connectivity index (χ0) is 57.6. The van der Waals surface area contributed by atoms with Gasteiger partial charge in [-0.2, -0.15) is 12.6 Å². The van der Waals surface area contributed by atoms with Crippen LogP contribution in [0.5, 0.6) is 0 Å². The van der Waals surface area contributed by atoms with Crippen molar-refractivity contribution < 1.29 is 62.1 Å². The monoisotopic (exact) mass is 1120 g/mol. The molecule has 8 rings (SSSR count). The van der Waals surface area contributed by atoms with Gasteiger partial charge in [-0.1, -0.05) is 50.6 Å². The first-order chi connectivity index (χ1) is 38.1. The molecule has 80 heavy (non-hydrogen) atoms. The molecule has 8 amide bonds. The zero-order valence-electron chi connectivity index (χ0n) is 45.0. The van der Waals surface area contributed by atoms with E-state index >= 15 is 4.39 Å². The lowest BCUT2D eigenvalue weighted by atomic mass is 9.81. The molecule has 24 heteroatoms. The Morgan fingerprint density at radius 2 is 1.62 bits per heavy atom. The van der Waals surface area contributed by atoms with E-state index in [2.05, 4.69) is 44.5 Å². The van der Waals surface area contributed by atoms with Crippen molar-refractivity contribution in [1.29, 1.82) is 0 Å². The van der Waals surface area contributed by atoms with E-state index in [-0.39, 0.29) is 68.3 Å². The number of halogens is 1. The van der Waals surface area contributed by atoms with E-state index in [0.717, 1.165) is 5.56 Å². The van der Waals surface area contributed by atoms with Gasteiger partial charge in [0.25, 0.3) is 5.56 Å². The third-order valence-electron chi connectivity index (χ3n) is 15.6. The van der Waals surface area contributed by atoms with Gasteiger partial charge >= 0.3 is 5.97 Å². The van der Waals surface area contributed by atoms with Crippen LogP contribution in [0.3, 0.4) is 0 Å². The number of nitrogens with one attached hydrogen (secondary N) is 6. The minimum Gasteiger partial charge on any atom is -0.458 e. The molecule has 1 saturated heterocycles. The van der Waals surface area contributed by atoms with Crippen LogP contribution in [0, 0.1) is 18.7 Å². The Labute approximate surface area is 465 Å². The molecule has 1 aliphatic carbocycles. The van der Waals surface area contributed by atoms with Gasteiger partial charge in [-0.15, -0.1) is 0 Å². The number of esters is 1. The van der Waals surface area contributed by atoms with Crippen molar-refractivity contribution in [2.45, 2.75) is 127 Å². The quantitative estimate of drug-likeness (QED) is 0.0144. The minimum atomic E-state index is -2.05. The van der Waals surface area contributed by atoms with Crippen molar-refractivity contribution in [3.05, 3.63) is 97.6 Å². The van der Waals surface area contributed by atoms with E-state index in [9.17, 15) is 53.1 Å². The molecular formula is C56H66FN9O13S. The fourth-order valence-electron chi connectivity index (χ4n) is 10.8. The van der Waals surface area contributed by atoms with Gasteiger partial charge < -0.3 is 51.0 Å². The Morgan fingerprint density at radius 3 is 2.36 bits per heavy atom. The Hall–Kier alpha value is -7.57. The van der Waals surface area contributed by atoms with Gasteiger partial charge in [0, 0.05) is 53.1 Å². The topological polar surface area (TPSA) is 303 Å². The number of amides is 8. The van der Waals surface area contributed by atoms with E-state index in [1.807, 2.05) is 13.8 Å². The van der Waals surface area contributed by atoms with E-state index in [0.29, 0.717) is 83.1 Å². The lowest BCUT2D eigenvalue weighted by Crippen LogP contribution is -2.52. The average Bonchev–Trinajstić information content (AvgIpc) is 4.17. The highest BCUT2D eigenvalue weighted by atomic mass is 32.1. The lowest BCUT2D eigenvalue weighted by molar-refractivity contribution is -0.172. The number of fused-ring (bicyclic) bond motifs is 5. The first-order valence-corrected chi connectivity index (χ1v) is 27.3. The summed E-state index contributed by atoms with van der Waals surface area (Å²) in [6, 6.07) is 9.84. The van der Waals surface area contributed by atoms with Crippen LogP contribution >= 0.6 is 12.6 Å². The molecule has 2 aromatic carbocycles. The number of benzene rings is 2. The van der Waals surface area contributed by atoms with Crippen molar-refractivity contribution >= 4 is 76.8 Å². The standard InChI is InChI=1S/C56H66FN9O13S/c1-5-55(4,80)36-21-47(72)65(53(36)75)18-12-8-11-15-42(67)58-23-43(68)59-25-45(70)63-40(19-31-13-9-7-10-14-31)51(73)60-24-44(69)61-29-78-28-46(71)62-38-17-16-32-30(3)37(57)22-39-48(32)49(38)33-26-66-41(50(33)64-39)20-35-34(52(66)74)27-79-54(76)56(35,77)6-2/h7,9-10,13-14,20,22,36,38,40,77,80H,5-6,8,11-12,15-19,21,23-29H2,1-4H3,(H,58,67)(H,59,68)(H,60,73)(H,61,69)(H,62,71)(H,63,70)/t36?,38-,40-,55?,56-/m0/s1. The number of aromatic nitrogens is 2. The number of pyridine rings is 2. The van der Waals surface area contributed by atoms with E-state index in [1.165, 1.54) is 15.5 Å². The first-order valence-electron chi connectivity index (χ1n) is 26.8. The summed E-state index contributed by atoms with van der Waals surface area (Å²) in [5, 5.41) is 27.5. The molecule has 2 unspecified atom stereocenters. The maximum Gasteiger partial charge on any atom is 0.343 e. The number of rotatable bonds is 24. The number of carbonyl (C=O) groups is 9. The summed E-state index contributed by atoms with van der Waals surface area (Å²) in [4.78, 5) is 136. The van der Waals surface area contributed by atoms with Crippen molar-refractivity contribution in [3.8, 4) is 11.4 Å². The molecule has 0 bridgehead atoms. The summed E-state index contributed by atoms with van der Waals surface area (Å²) < 4.78 is 27.0. The summed E-state index contributed by atoms with van der Waals surface area (Å²) >= 11 is 4.58. The first kappa shape index (κ1) is 58.6. The number of carbonyl (C=O) groups excluding carboxylic acids is 9. The van der Waals surface area contributed by atoms with Gasteiger partial charge in [0.05, 0.1) is 60.6 Å². The number of aryl methyl sites for hydroxylation is 1. The number of thiol groups is 1. The average molecular weight is 1120 g/mol. The van der Waals surface area contributed by atoms with Gasteiger partial charge in [0.15, 0.2) is 5.60 Å². The number of cyclic esters (lactones) is 1. The summed E-state index contributed by atoms with van der Waals surface area (Å²) in [5.74, 6) is -5.97. The van der Waals surface area contributed by atoms with E-state index in [1.54, 1.807) is 50.2 Å². The van der Waals surface area contributed by atoms with Crippen LogP contribution in [-0.2, 0) is 84.2 Å².